The highest BCUT2D eigenvalue weighted by atomic mass is 35.5. The maximum atomic E-state index is 12.3. The number of amides is 1. The van der Waals surface area contributed by atoms with Gasteiger partial charge in [-0.25, -0.2) is 0 Å². The van der Waals surface area contributed by atoms with Crippen molar-refractivity contribution in [2.75, 3.05) is 0 Å². The summed E-state index contributed by atoms with van der Waals surface area (Å²) >= 11 is 5.39. The number of nitrogens with two attached hydrogens (primary N) is 1. The second-order valence-electron chi connectivity index (χ2n) is 2.38. The lowest BCUT2D eigenvalue weighted by Gasteiger charge is -2.09. The third kappa shape index (κ3) is 1.95. The Hall–Kier alpha value is -1.30. The molecule has 0 spiro atoms. The van der Waals surface area contributed by atoms with Crippen LogP contribution in [0.15, 0.2) is 12.3 Å². The normalized spacial score (nSPS) is 11.4. The van der Waals surface area contributed by atoms with E-state index in [2.05, 4.69) is 4.98 Å². The number of hydrogen-bond acceptors (Lipinski definition) is 2. The third-order valence-corrected chi connectivity index (χ3v) is 1.73. The van der Waals surface area contributed by atoms with Gasteiger partial charge < -0.3 is 5.73 Å². The van der Waals surface area contributed by atoms with E-state index >= 15 is 0 Å². The molecule has 0 saturated heterocycles. The van der Waals surface area contributed by atoms with Crippen LogP contribution in [0.1, 0.15) is 16.1 Å². The van der Waals surface area contributed by atoms with Crippen LogP contribution in [0, 0.1) is 0 Å². The number of primary amides is 1. The summed E-state index contributed by atoms with van der Waals surface area (Å²) in [4.78, 5) is 13.7. The van der Waals surface area contributed by atoms with Crippen molar-refractivity contribution in [1.82, 2.24) is 4.98 Å². The average Bonchev–Trinajstić information content (AvgIpc) is 2.01. The summed E-state index contributed by atoms with van der Waals surface area (Å²) in [6.07, 6.45) is -3.88. The van der Waals surface area contributed by atoms with Crippen molar-refractivity contribution in [2.45, 2.75) is 6.18 Å². The molecule has 1 heterocycles. The van der Waals surface area contributed by atoms with Crippen molar-refractivity contribution in [3.63, 3.8) is 0 Å². The lowest BCUT2D eigenvalue weighted by Crippen LogP contribution is -2.20. The molecule has 2 N–H and O–H groups in total. The number of alkyl halides is 3. The SMILES string of the molecule is NC(=O)c1c(Cl)ccnc1C(F)(F)F. The largest absolute Gasteiger partial charge is 0.434 e. The molecule has 14 heavy (non-hydrogen) atoms. The first-order valence-corrected chi connectivity index (χ1v) is 3.73. The second-order valence-corrected chi connectivity index (χ2v) is 2.79. The van der Waals surface area contributed by atoms with Gasteiger partial charge in [-0.3, -0.25) is 9.78 Å². The molecule has 7 heteroatoms. The lowest BCUT2D eigenvalue weighted by molar-refractivity contribution is -0.141. The molecule has 0 aliphatic heterocycles. The van der Waals surface area contributed by atoms with E-state index in [1.807, 2.05) is 0 Å². The van der Waals surface area contributed by atoms with Crippen LogP contribution in [0.5, 0.6) is 0 Å². The molecule has 3 nitrogen and oxygen atoms in total. The zero-order chi connectivity index (χ0) is 10.9. The highest BCUT2D eigenvalue weighted by Crippen LogP contribution is 2.32. The van der Waals surface area contributed by atoms with Gasteiger partial charge in [-0.1, -0.05) is 11.6 Å². The predicted octanol–water partition coefficient (Wildman–Crippen LogP) is 1.85. The van der Waals surface area contributed by atoms with Gasteiger partial charge in [0.05, 0.1) is 10.6 Å². The van der Waals surface area contributed by atoms with E-state index in [0.29, 0.717) is 0 Å². The van der Waals surface area contributed by atoms with Crippen molar-refractivity contribution >= 4 is 17.5 Å². The van der Waals surface area contributed by atoms with Crippen molar-refractivity contribution in [3.8, 4) is 0 Å². The van der Waals surface area contributed by atoms with Gasteiger partial charge in [0.25, 0.3) is 5.91 Å². The van der Waals surface area contributed by atoms with Gasteiger partial charge in [0, 0.05) is 6.20 Å². The van der Waals surface area contributed by atoms with E-state index in [0.717, 1.165) is 12.3 Å². The Balaban J connectivity index is 3.44. The Labute approximate surface area is 81.7 Å². The highest BCUT2D eigenvalue weighted by molar-refractivity contribution is 6.33. The smallest absolute Gasteiger partial charge is 0.365 e. The highest BCUT2D eigenvalue weighted by Gasteiger charge is 2.37. The summed E-state index contributed by atoms with van der Waals surface area (Å²) in [6, 6.07) is 1.07. The number of aromatic nitrogens is 1. The third-order valence-electron chi connectivity index (χ3n) is 1.42. The van der Waals surface area contributed by atoms with Crippen molar-refractivity contribution in [3.05, 3.63) is 28.5 Å². The van der Waals surface area contributed by atoms with Crippen LogP contribution in [-0.2, 0) is 6.18 Å². The van der Waals surface area contributed by atoms with Crippen LogP contribution in [-0.4, -0.2) is 10.9 Å². The summed E-state index contributed by atoms with van der Waals surface area (Å²) in [5, 5.41) is -0.361. The first kappa shape index (κ1) is 10.8. The molecule has 0 saturated carbocycles. The number of nitrogens with zero attached hydrogens (tertiary/aromatic N) is 1. The van der Waals surface area contributed by atoms with Gasteiger partial charge >= 0.3 is 6.18 Å². The quantitative estimate of drug-likeness (QED) is 0.792. The summed E-state index contributed by atoms with van der Waals surface area (Å²) in [6.45, 7) is 0. The van der Waals surface area contributed by atoms with E-state index in [9.17, 15) is 18.0 Å². The van der Waals surface area contributed by atoms with E-state index in [1.165, 1.54) is 0 Å². The fraction of sp³-hybridized carbons (Fsp3) is 0.143. The van der Waals surface area contributed by atoms with Crippen LogP contribution in [0.25, 0.3) is 0 Å². The minimum atomic E-state index is -4.74. The standard InChI is InChI=1S/C7H4ClF3N2O/c8-3-1-2-13-5(7(9,10)11)4(3)6(12)14/h1-2H,(H2,12,14). The van der Waals surface area contributed by atoms with Gasteiger partial charge in [0.2, 0.25) is 0 Å². The molecule has 0 aliphatic carbocycles. The maximum absolute atomic E-state index is 12.3. The Morgan fingerprint density at radius 3 is 2.43 bits per heavy atom. The zero-order valence-electron chi connectivity index (χ0n) is 6.60. The molecule has 0 aromatic carbocycles. The topological polar surface area (TPSA) is 56.0 Å². The average molecular weight is 225 g/mol. The van der Waals surface area contributed by atoms with Gasteiger partial charge in [-0.05, 0) is 6.07 Å². The molecule has 0 atom stereocenters. The molecule has 0 fully saturated rings. The van der Waals surface area contributed by atoms with Crippen molar-refractivity contribution < 1.29 is 18.0 Å². The molecule has 1 amide bonds. The van der Waals surface area contributed by atoms with Crippen LogP contribution >= 0.6 is 11.6 Å². The number of carbonyl (C=O) groups is 1. The Bertz CT molecular complexity index is 378. The summed E-state index contributed by atoms with van der Waals surface area (Å²) in [5.74, 6) is -1.25. The van der Waals surface area contributed by atoms with Crippen LogP contribution < -0.4 is 5.73 Å². The molecule has 0 bridgehead atoms. The lowest BCUT2D eigenvalue weighted by atomic mass is 10.2. The van der Waals surface area contributed by atoms with Crippen molar-refractivity contribution in [1.29, 1.82) is 0 Å². The molecular formula is C7H4ClF3N2O. The first-order chi connectivity index (χ1) is 6.34. The van der Waals surface area contributed by atoms with Gasteiger partial charge in [0.1, 0.15) is 0 Å². The summed E-state index contributed by atoms with van der Waals surface area (Å²) in [7, 11) is 0. The summed E-state index contributed by atoms with van der Waals surface area (Å²) in [5.41, 5.74) is 2.58. The van der Waals surface area contributed by atoms with E-state index in [4.69, 9.17) is 17.3 Å². The van der Waals surface area contributed by atoms with E-state index in [1.54, 1.807) is 0 Å². The molecule has 0 radical (unpaired) electrons. The fourth-order valence-electron chi connectivity index (χ4n) is 0.888. The second kappa shape index (κ2) is 3.45. The van der Waals surface area contributed by atoms with Crippen LogP contribution in [0.2, 0.25) is 5.02 Å². The predicted molar refractivity (Wildman–Crippen MR) is 42.8 cm³/mol. The number of halogens is 4. The molecule has 76 valence electrons. The molecule has 1 rings (SSSR count). The van der Waals surface area contributed by atoms with E-state index < -0.39 is 23.3 Å². The molecule has 0 unspecified atom stereocenters. The van der Waals surface area contributed by atoms with Crippen LogP contribution in [0.4, 0.5) is 13.2 Å². The fourth-order valence-corrected chi connectivity index (χ4v) is 1.13. The monoisotopic (exact) mass is 224 g/mol. The molecule has 1 aromatic rings. The number of carbonyl (C=O) groups excluding carboxylic acids is 1. The van der Waals surface area contributed by atoms with Gasteiger partial charge in [-0.2, -0.15) is 13.2 Å². The number of pyridine rings is 1. The summed E-state index contributed by atoms with van der Waals surface area (Å²) < 4.78 is 36.8. The van der Waals surface area contributed by atoms with E-state index in [-0.39, 0.29) is 5.02 Å². The number of hydrogen-bond donors (Lipinski definition) is 1. The minimum Gasteiger partial charge on any atom is -0.365 e. The van der Waals surface area contributed by atoms with Gasteiger partial charge in [-0.15, -0.1) is 0 Å². The Morgan fingerprint density at radius 2 is 2.07 bits per heavy atom. The maximum Gasteiger partial charge on any atom is 0.434 e. The minimum absolute atomic E-state index is 0.361. The molecular weight excluding hydrogens is 221 g/mol. The zero-order valence-corrected chi connectivity index (χ0v) is 7.36. The number of rotatable bonds is 1. The Kier molecular flexibility index (Phi) is 2.66. The van der Waals surface area contributed by atoms with Crippen LogP contribution in [0.3, 0.4) is 0 Å². The van der Waals surface area contributed by atoms with Gasteiger partial charge in [0.15, 0.2) is 5.69 Å². The first-order valence-electron chi connectivity index (χ1n) is 3.35. The van der Waals surface area contributed by atoms with Crippen molar-refractivity contribution in [2.24, 2.45) is 5.73 Å². The Morgan fingerprint density at radius 1 is 1.50 bits per heavy atom. The molecule has 0 aliphatic rings. The molecule has 1 aromatic heterocycles.